The molecule has 0 spiro atoms. The highest BCUT2D eigenvalue weighted by Crippen LogP contribution is 2.22. The molecule has 1 amide bonds. The number of nitrogens with one attached hydrogen (secondary N) is 2. The molecular weight excluding hydrogens is 510 g/mol. The highest BCUT2D eigenvalue weighted by atomic mass is 32.2. The molecule has 0 saturated heterocycles. The first-order chi connectivity index (χ1) is 18.2. The van der Waals surface area contributed by atoms with Gasteiger partial charge >= 0.3 is 0 Å². The van der Waals surface area contributed by atoms with Crippen LogP contribution in [-0.2, 0) is 32.6 Å². The third-order valence-electron chi connectivity index (χ3n) is 6.04. The van der Waals surface area contributed by atoms with E-state index in [1.807, 2.05) is 6.07 Å². The highest BCUT2D eigenvalue weighted by molar-refractivity contribution is 7.89. The number of phenols is 1. The number of aryl methyl sites for hydroxylation is 1. The van der Waals surface area contributed by atoms with Gasteiger partial charge in [0.05, 0.1) is 24.2 Å². The first-order valence-corrected chi connectivity index (χ1v) is 14.5. The maximum atomic E-state index is 12.2. The second kappa shape index (κ2) is 17.1. The van der Waals surface area contributed by atoms with E-state index in [4.69, 9.17) is 10.5 Å². The van der Waals surface area contributed by atoms with Crippen LogP contribution >= 0.6 is 0 Å². The van der Waals surface area contributed by atoms with Crippen LogP contribution in [0.15, 0.2) is 47.4 Å². The summed E-state index contributed by atoms with van der Waals surface area (Å²) in [6.45, 7) is 1.87. The summed E-state index contributed by atoms with van der Waals surface area (Å²) in [5, 5.41) is 32.3. The Hall–Kier alpha value is -2.54. The first-order valence-electron chi connectivity index (χ1n) is 13.0. The largest absolute Gasteiger partial charge is 0.508 e. The third kappa shape index (κ3) is 11.9. The number of aliphatic hydroxyl groups is 2. The van der Waals surface area contributed by atoms with Gasteiger partial charge in [-0.3, -0.25) is 4.79 Å². The number of rotatable bonds is 20. The number of carbonyl (C=O) groups excluding carboxylic acids is 1. The van der Waals surface area contributed by atoms with Gasteiger partial charge < -0.3 is 31.1 Å². The molecule has 1 atom stereocenters. The van der Waals surface area contributed by atoms with Crippen LogP contribution in [0.5, 0.6) is 5.75 Å². The second-order valence-electron chi connectivity index (χ2n) is 9.19. The van der Waals surface area contributed by atoms with Crippen LogP contribution < -0.4 is 15.8 Å². The quantitative estimate of drug-likeness (QED) is 0.135. The lowest BCUT2D eigenvalue weighted by molar-refractivity contribution is -0.116. The van der Waals surface area contributed by atoms with Crippen molar-refractivity contribution in [2.45, 2.75) is 62.6 Å². The predicted molar refractivity (Wildman–Crippen MR) is 145 cm³/mol. The number of aliphatic hydroxyl groups excluding tert-OH is 2. The summed E-state index contributed by atoms with van der Waals surface area (Å²) in [5.74, 6) is -0.714. The normalized spacial score (nSPS) is 12.5. The van der Waals surface area contributed by atoms with Gasteiger partial charge in [0, 0.05) is 25.3 Å². The molecule has 0 saturated carbocycles. The van der Waals surface area contributed by atoms with E-state index in [0.717, 1.165) is 57.1 Å². The second-order valence-corrected chi connectivity index (χ2v) is 11.0. The molecule has 0 heterocycles. The fraction of sp³-hybridized carbons (Fsp3) is 0.519. The molecule has 38 heavy (non-hydrogen) atoms. The Labute approximate surface area is 225 Å². The van der Waals surface area contributed by atoms with Crippen molar-refractivity contribution in [2.75, 3.05) is 32.8 Å². The maximum absolute atomic E-state index is 12.2. The van der Waals surface area contributed by atoms with Gasteiger partial charge in [0.25, 0.3) is 0 Å². The van der Waals surface area contributed by atoms with Gasteiger partial charge in [-0.1, -0.05) is 31.0 Å². The SMILES string of the molecule is NC(=O)CNS(=O)(=O)c1cccc(CCCCOCCCCCCNC[C@H](O)c2ccc(O)c(CO)c2)c1. The van der Waals surface area contributed by atoms with Crippen molar-refractivity contribution in [3.05, 3.63) is 59.2 Å². The van der Waals surface area contributed by atoms with Crippen molar-refractivity contribution in [1.82, 2.24) is 10.0 Å². The maximum Gasteiger partial charge on any atom is 0.241 e. The van der Waals surface area contributed by atoms with Crippen molar-refractivity contribution in [1.29, 1.82) is 0 Å². The molecule has 0 radical (unpaired) electrons. The molecule has 212 valence electrons. The zero-order valence-corrected chi connectivity index (χ0v) is 22.6. The molecule has 0 aliphatic rings. The molecule has 2 aromatic carbocycles. The fourth-order valence-electron chi connectivity index (χ4n) is 3.86. The minimum atomic E-state index is -3.76. The number of sulfonamides is 1. The molecule has 7 N–H and O–H groups in total. The molecule has 11 heteroatoms. The molecular formula is C27H41N3O7S. The Morgan fingerprint density at radius 1 is 1.00 bits per heavy atom. The Bertz CT molecular complexity index is 1100. The van der Waals surface area contributed by atoms with Crippen LogP contribution in [0.25, 0.3) is 0 Å². The fourth-order valence-corrected chi connectivity index (χ4v) is 4.92. The van der Waals surface area contributed by atoms with Gasteiger partial charge in [-0.25, -0.2) is 13.1 Å². The third-order valence-corrected chi connectivity index (χ3v) is 7.44. The van der Waals surface area contributed by atoms with Crippen LogP contribution in [0.3, 0.4) is 0 Å². The van der Waals surface area contributed by atoms with Gasteiger partial charge in [-0.05, 0) is 74.0 Å². The van der Waals surface area contributed by atoms with Crippen LogP contribution in [0, 0.1) is 0 Å². The molecule has 0 aliphatic heterocycles. The van der Waals surface area contributed by atoms with E-state index in [-0.39, 0.29) is 17.3 Å². The molecule has 0 bridgehead atoms. The summed E-state index contributed by atoms with van der Waals surface area (Å²) in [6, 6.07) is 11.4. The molecule has 2 rings (SSSR count). The Balaban J connectivity index is 1.47. The predicted octanol–water partition coefficient (Wildman–Crippen LogP) is 1.87. The number of ether oxygens (including phenoxy) is 1. The molecule has 0 fully saturated rings. The number of carbonyl (C=O) groups is 1. The van der Waals surface area contributed by atoms with Crippen LogP contribution in [0.1, 0.15) is 61.3 Å². The lowest BCUT2D eigenvalue weighted by Gasteiger charge is -2.14. The Morgan fingerprint density at radius 2 is 1.74 bits per heavy atom. The Morgan fingerprint density at radius 3 is 2.47 bits per heavy atom. The summed E-state index contributed by atoms with van der Waals surface area (Å²) in [7, 11) is -3.76. The summed E-state index contributed by atoms with van der Waals surface area (Å²) in [4.78, 5) is 10.9. The van der Waals surface area contributed by atoms with Crippen LogP contribution in [0.4, 0.5) is 0 Å². The topological polar surface area (TPSA) is 171 Å². The zero-order chi connectivity index (χ0) is 27.8. The summed E-state index contributed by atoms with van der Waals surface area (Å²) < 4.78 is 32.3. The van der Waals surface area contributed by atoms with Crippen molar-refractivity contribution >= 4 is 15.9 Å². The van der Waals surface area contributed by atoms with E-state index in [0.29, 0.717) is 30.9 Å². The molecule has 0 aromatic heterocycles. The average molecular weight is 552 g/mol. The Kier molecular flexibility index (Phi) is 14.3. The lowest BCUT2D eigenvalue weighted by atomic mass is 10.1. The van der Waals surface area contributed by atoms with E-state index in [9.17, 15) is 28.5 Å². The van der Waals surface area contributed by atoms with Gasteiger partial charge in [0.2, 0.25) is 15.9 Å². The van der Waals surface area contributed by atoms with Crippen molar-refractivity contribution in [3.8, 4) is 5.75 Å². The minimum Gasteiger partial charge on any atom is -0.508 e. The number of primary amides is 1. The number of nitrogens with two attached hydrogens (primary N) is 1. The lowest BCUT2D eigenvalue weighted by Crippen LogP contribution is -2.33. The number of hydrogen-bond acceptors (Lipinski definition) is 8. The standard InChI is InChI=1S/C27H41N3O7S/c28-27(34)19-30-38(35,36)24-10-7-9-21(16-24)8-3-6-15-37-14-5-2-1-4-13-29-18-26(33)22-11-12-25(32)23(17-22)20-31/h7,9-12,16-17,26,29-33H,1-6,8,13-15,18-20H2,(H2,28,34)/t26-/m0/s1. The monoisotopic (exact) mass is 551 g/mol. The molecule has 0 aliphatic carbocycles. The van der Waals surface area contributed by atoms with E-state index < -0.39 is 28.6 Å². The van der Waals surface area contributed by atoms with E-state index in [1.54, 1.807) is 24.3 Å². The van der Waals surface area contributed by atoms with Gasteiger partial charge in [0.1, 0.15) is 5.75 Å². The number of benzene rings is 2. The van der Waals surface area contributed by atoms with Gasteiger partial charge in [-0.2, -0.15) is 0 Å². The number of aromatic hydroxyl groups is 1. The van der Waals surface area contributed by atoms with Crippen molar-refractivity contribution < 1.29 is 33.3 Å². The van der Waals surface area contributed by atoms with Crippen LogP contribution in [0.2, 0.25) is 0 Å². The molecule has 0 unspecified atom stereocenters. The highest BCUT2D eigenvalue weighted by Gasteiger charge is 2.15. The summed E-state index contributed by atoms with van der Waals surface area (Å²) in [6.07, 6.45) is 5.90. The summed E-state index contributed by atoms with van der Waals surface area (Å²) >= 11 is 0. The van der Waals surface area contributed by atoms with Gasteiger partial charge in [-0.15, -0.1) is 0 Å². The molecule has 10 nitrogen and oxygen atoms in total. The number of amides is 1. The van der Waals surface area contributed by atoms with E-state index in [1.165, 1.54) is 12.1 Å². The zero-order valence-electron chi connectivity index (χ0n) is 21.8. The van der Waals surface area contributed by atoms with Gasteiger partial charge in [0.15, 0.2) is 0 Å². The number of hydrogen-bond donors (Lipinski definition) is 6. The minimum absolute atomic E-state index is 0.0228. The first kappa shape index (κ1) is 31.7. The summed E-state index contributed by atoms with van der Waals surface area (Å²) in [5.41, 5.74) is 6.97. The van der Waals surface area contributed by atoms with Crippen molar-refractivity contribution in [2.24, 2.45) is 5.73 Å². The average Bonchev–Trinajstić information content (AvgIpc) is 2.90. The van der Waals surface area contributed by atoms with E-state index >= 15 is 0 Å². The smallest absolute Gasteiger partial charge is 0.241 e. The molecule has 2 aromatic rings. The van der Waals surface area contributed by atoms with Crippen LogP contribution in [-0.4, -0.2) is 62.5 Å². The van der Waals surface area contributed by atoms with Crippen molar-refractivity contribution in [3.63, 3.8) is 0 Å². The van der Waals surface area contributed by atoms with E-state index in [2.05, 4.69) is 10.0 Å². The number of unbranched alkanes of at least 4 members (excludes halogenated alkanes) is 4.